The minimum atomic E-state index is -3.21. The maximum absolute atomic E-state index is 8.10. The molecule has 5 heteroatoms. The van der Waals surface area contributed by atoms with Crippen molar-refractivity contribution in [3.8, 4) is 5.75 Å². The van der Waals surface area contributed by atoms with E-state index in [-0.39, 0.29) is 12.4 Å². The van der Waals surface area contributed by atoms with E-state index in [0.29, 0.717) is 6.61 Å². The molecule has 0 aliphatic carbocycles. The van der Waals surface area contributed by atoms with Gasteiger partial charge in [0.05, 0.1) is 0 Å². The van der Waals surface area contributed by atoms with Gasteiger partial charge in [-0.05, 0) is 0 Å². The number of benzene rings is 4. The van der Waals surface area contributed by atoms with E-state index < -0.39 is 5.96 Å². The molecule has 5 rings (SSSR count). The molecule has 0 unspecified atom stereocenters. The quantitative estimate of drug-likeness (QED) is 0.226. The summed E-state index contributed by atoms with van der Waals surface area (Å²) in [5.74, 6) is -2.27. The van der Waals surface area contributed by atoms with Crippen molar-refractivity contribution in [1.82, 2.24) is 5.32 Å². The summed E-state index contributed by atoms with van der Waals surface area (Å²) in [6.45, 7) is 2.49. The second kappa shape index (κ2) is 10.5. The van der Waals surface area contributed by atoms with Crippen molar-refractivity contribution in [2.24, 2.45) is 0 Å². The standard InChI is InChI=1S/C29H29ClNOP.ClH/c30-33(27-11-4-1-5-12-27,28-13-6-2-7-14-28,29-15-8-3-9-16-29)20-10-19-32-26-18-17-24-22-31-23-25(24)21-26;/h1-9,11-18,21,31H,10,19-20,22-23H2;1H. The molecule has 0 aromatic heterocycles. The fourth-order valence-corrected chi connectivity index (χ4v) is 11.1. The van der Waals surface area contributed by atoms with E-state index in [2.05, 4.69) is 115 Å². The summed E-state index contributed by atoms with van der Waals surface area (Å²) in [4.78, 5) is 0. The number of hydrogen-bond donors (Lipinski definition) is 1. The van der Waals surface area contributed by atoms with Crippen LogP contribution in [0.1, 0.15) is 17.5 Å². The van der Waals surface area contributed by atoms with Gasteiger partial charge in [-0.3, -0.25) is 0 Å². The van der Waals surface area contributed by atoms with Gasteiger partial charge in [-0.25, -0.2) is 0 Å². The maximum atomic E-state index is 8.10. The number of ether oxygens (including phenoxy) is 1. The molecular formula is C29H30Cl2NOP. The second-order valence-corrected chi connectivity index (χ2v) is 15.2. The zero-order valence-corrected chi connectivity index (χ0v) is 21.5. The number of halogens is 2. The molecule has 1 aliphatic heterocycles. The fourth-order valence-electron chi connectivity index (χ4n) is 4.96. The van der Waals surface area contributed by atoms with E-state index in [1.54, 1.807) is 0 Å². The average Bonchev–Trinajstić information content (AvgIpc) is 3.36. The molecule has 0 atom stereocenters. The van der Waals surface area contributed by atoms with Crippen LogP contribution in [0.4, 0.5) is 0 Å². The van der Waals surface area contributed by atoms with Gasteiger partial charge >= 0.3 is 202 Å². The molecule has 4 aromatic rings. The molecule has 34 heavy (non-hydrogen) atoms. The summed E-state index contributed by atoms with van der Waals surface area (Å²) in [6, 6.07) is 38.3. The molecule has 0 amide bonds. The van der Waals surface area contributed by atoms with Gasteiger partial charge < -0.3 is 0 Å². The molecule has 1 aliphatic rings. The van der Waals surface area contributed by atoms with Crippen LogP contribution in [-0.4, -0.2) is 12.8 Å². The predicted molar refractivity (Wildman–Crippen MR) is 150 cm³/mol. The monoisotopic (exact) mass is 509 g/mol. The van der Waals surface area contributed by atoms with Gasteiger partial charge in [-0.2, -0.15) is 0 Å². The Labute approximate surface area is 213 Å². The van der Waals surface area contributed by atoms with Crippen LogP contribution in [0.25, 0.3) is 0 Å². The Kier molecular flexibility index (Phi) is 7.65. The van der Waals surface area contributed by atoms with Gasteiger partial charge in [0, 0.05) is 0 Å². The van der Waals surface area contributed by atoms with Crippen LogP contribution in [0.15, 0.2) is 109 Å². The SMILES string of the molecule is Cl.ClP(CCCOc1ccc2c(c1)CNC2)(c1ccccc1)(c1ccccc1)c1ccccc1. The Morgan fingerprint density at radius 1 is 0.676 bits per heavy atom. The van der Waals surface area contributed by atoms with Gasteiger partial charge in [0.1, 0.15) is 0 Å². The van der Waals surface area contributed by atoms with Crippen molar-refractivity contribution in [3.05, 3.63) is 120 Å². The molecule has 0 fully saturated rings. The first kappa shape index (κ1) is 24.8. The van der Waals surface area contributed by atoms with Crippen molar-refractivity contribution in [1.29, 1.82) is 0 Å². The minimum absolute atomic E-state index is 0. The zero-order chi connectivity index (χ0) is 22.6. The summed E-state index contributed by atoms with van der Waals surface area (Å²) < 4.78 is 6.21. The van der Waals surface area contributed by atoms with Gasteiger partial charge in [-0.15, -0.1) is 12.4 Å². The number of fused-ring (bicyclic) bond motifs is 1. The third-order valence-electron chi connectivity index (χ3n) is 6.68. The van der Waals surface area contributed by atoms with Crippen LogP contribution in [0.3, 0.4) is 0 Å². The second-order valence-electron chi connectivity index (χ2n) is 8.65. The predicted octanol–water partition coefficient (Wildman–Crippen LogP) is 6.16. The molecule has 2 nitrogen and oxygen atoms in total. The molecule has 0 radical (unpaired) electrons. The fraction of sp³-hybridized carbons (Fsp3) is 0.172. The Morgan fingerprint density at radius 2 is 1.18 bits per heavy atom. The molecule has 0 saturated heterocycles. The van der Waals surface area contributed by atoms with Crippen LogP contribution >= 0.6 is 29.6 Å². The van der Waals surface area contributed by atoms with Crippen molar-refractivity contribution < 1.29 is 4.74 Å². The normalized spacial score (nSPS) is 13.9. The van der Waals surface area contributed by atoms with E-state index in [9.17, 15) is 0 Å². The number of rotatable bonds is 8. The van der Waals surface area contributed by atoms with Crippen molar-refractivity contribution in [2.45, 2.75) is 19.5 Å². The van der Waals surface area contributed by atoms with Crippen LogP contribution in [-0.2, 0) is 13.1 Å². The first-order valence-corrected chi connectivity index (χ1v) is 14.9. The molecule has 0 saturated carbocycles. The van der Waals surface area contributed by atoms with Crippen LogP contribution < -0.4 is 26.0 Å². The molecule has 1 heterocycles. The summed E-state index contributed by atoms with van der Waals surface area (Å²) >= 11 is 8.10. The molecular weight excluding hydrogens is 480 g/mol. The third kappa shape index (κ3) is 4.49. The van der Waals surface area contributed by atoms with E-state index in [1.807, 2.05) is 0 Å². The van der Waals surface area contributed by atoms with E-state index in [4.69, 9.17) is 16.0 Å². The van der Waals surface area contributed by atoms with Gasteiger partial charge in [0.25, 0.3) is 0 Å². The summed E-state index contributed by atoms with van der Waals surface area (Å²) in [7, 11) is 0. The Bertz CT molecular complexity index is 1120. The zero-order valence-electron chi connectivity index (χ0n) is 19.1. The van der Waals surface area contributed by atoms with Gasteiger partial charge in [0.2, 0.25) is 0 Å². The van der Waals surface area contributed by atoms with Crippen LogP contribution in [0.2, 0.25) is 0 Å². The Morgan fingerprint density at radius 3 is 1.71 bits per heavy atom. The Hall–Kier alpha value is -2.35. The van der Waals surface area contributed by atoms with Crippen LogP contribution in [0.5, 0.6) is 5.75 Å². The molecule has 0 bridgehead atoms. The summed E-state index contributed by atoms with van der Waals surface area (Å²) in [5, 5.41) is 6.99. The molecule has 0 spiro atoms. The number of hydrogen-bond acceptors (Lipinski definition) is 2. The Balaban J connectivity index is 0.00000274. The van der Waals surface area contributed by atoms with Crippen molar-refractivity contribution >= 4 is 45.5 Å². The molecule has 1 N–H and O–H groups in total. The summed E-state index contributed by atoms with van der Waals surface area (Å²) in [5.41, 5.74) is 2.70. The van der Waals surface area contributed by atoms with Gasteiger partial charge in [-0.1, -0.05) is 0 Å². The number of nitrogens with one attached hydrogen (secondary N) is 1. The topological polar surface area (TPSA) is 21.3 Å². The molecule has 4 aromatic carbocycles. The summed E-state index contributed by atoms with van der Waals surface area (Å²) in [6.07, 6.45) is 1.69. The first-order chi connectivity index (χ1) is 16.2. The molecule has 176 valence electrons. The average molecular weight is 510 g/mol. The van der Waals surface area contributed by atoms with Crippen molar-refractivity contribution in [2.75, 3.05) is 12.8 Å². The third-order valence-corrected chi connectivity index (χ3v) is 14.2. The van der Waals surface area contributed by atoms with Crippen LogP contribution in [0, 0.1) is 0 Å². The van der Waals surface area contributed by atoms with Crippen molar-refractivity contribution in [3.63, 3.8) is 0 Å². The van der Waals surface area contributed by atoms with E-state index in [0.717, 1.165) is 31.4 Å². The van der Waals surface area contributed by atoms with Gasteiger partial charge in [0.15, 0.2) is 0 Å². The van der Waals surface area contributed by atoms with E-state index >= 15 is 0 Å². The first-order valence-electron chi connectivity index (χ1n) is 11.5. The van der Waals surface area contributed by atoms with E-state index in [1.165, 1.54) is 27.0 Å².